The third-order valence-electron chi connectivity index (χ3n) is 2.71. The Kier molecular flexibility index (Phi) is 5.48. The fraction of sp³-hybridized carbons (Fsp3) is 0.294. The lowest BCUT2D eigenvalue weighted by molar-refractivity contribution is 1.13. The van der Waals surface area contributed by atoms with Crippen LogP contribution in [0.15, 0.2) is 48.5 Å². The molecule has 0 atom stereocenters. The van der Waals surface area contributed by atoms with Crippen molar-refractivity contribution in [2.45, 2.75) is 34.1 Å². The van der Waals surface area contributed by atoms with Crippen LogP contribution in [0, 0.1) is 20.8 Å². The molecule has 0 bridgehead atoms. The van der Waals surface area contributed by atoms with Crippen LogP contribution in [-0.4, -0.2) is 0 Å². The fourth-order valence-electron chi connectivity index (χ4n) is 1.57. The Morgan fingerprint density at radius 2 is 1.24 bits per heavy atom. The van der Waals surface area contributed by atoms with Gasteiger partial charge in [-0.15, -0.1) is 0 Å². The summed E-state index contributed by atoms with van der Waals surface area (Å²) in [7, 11) is 0. The molecule has 0 heterocycles. The van der Waals surface area contributed by atoms with Gasteiger partial charge in [0.25, 0.3) is 0 Å². The maximum atomic E-state index is 2.22. The molecular weight excluding hydrogens is 204 g/mol. The summed E-state index contributed by atoms with van der Waals surface area (Å²) in [6, 6.07) is 17.1. The highest BCUT2D eigenvalue weighted by Crippen LogP contribution is 2.03. The Morgan fingerprint density at radius 1 is 0.706 bits per heavy atom. The minimum Gasteiger partial charge on any atom is -0.0617 e. The van der Waals surface area contributed by atoms with Gasteiger partial charge in [-0.05, 0) is 32.8 Å². The summed E-state index contributed by atoms with van der Waals surface area (Å²) >= 11 is 0. The van der Waals surface area contributed by atoms with Crippen LogP contribution in [0.1, 0.15) is 29.2 Å². The van der Waals surface area contributed by atoms with Gasteiger partial charge in [-0.2, -0.15) is 0 Å². The molecule has 0 aliphatic carbocycles. The van der Waals surface area contributed by atoms with Crippen molar-refractivity contribution in [3.8, 4) is 0 Å². The van der Waals surface area contributed by atoms with Gasteiger partial charge in [0.15, 0.2) is 0 Å². The lowest BCUT2D eigenvalue weighted by Crippen LogP contribution is -1.78. The minimum atomic E-state index is 1.14. The first-order valence-corrected chi connectivity index (χ1v) is 6.20. The summed E-state index contributed by atoms with van der Waals surface area (Å²) < 4.78 is 0. The third kappa shape index (κ3) is 5.35. The van der Waals surface area contributed by atoms with Crippen molar-refractivity contribution >= 4 is 0 Å². The largest absolute Gasteiger partial charge is 0.0617 e. The molecule has 0 N–H and O–H groups in total. The molecule has 0 saturated heterocycles. The van der Waals surface area contributed by atoms with Gasteiger partial charge in [0.05, 0.1) is 0 Å². The van der Waals surface area contributed by atoms with Gasteiger partial charge < -0.3 is 0 Å². The fourth-order valence-corrected chi connectivity index (χ4v) is 1.57. The predicted molar refractivity (Wildman–Crippen MR) is 76.5 cm³/mol. The standard InChI is InChI=1S/C9H12.C8H10/c1-3-9-6-4-5-8(2)7-9;1-7-3-5-8(2)6-4-7/h4-7H,3H2,1-2H3;3-6H,1-2H3. The van der Waals surface area contributed by atoms with E-state index in [2.05, 4.69) is 76.2 Å². The Labute approximate surface area is 105 Å². The number of hydrogen-bond donors (Lipinski definition) is 0. The van der Waals surface area contributed by atoms with Gasteiger partial charge in [-0.25, -0.2) is 0 Å². The van der Waals surface area contributed by atoms with Crippen molar-refractivity contribution in [2.75, 3.05) is 0 Å². The Balaban J connectivity index is 0.000000171. The average Bonchev–Trinajstić information content (AvgIpc) is 2.34. The minimum absolute atomic E-state index is 1.14. The predicted octanol–water partition coefficient (Wildman–Crippen LogP) is 4.86. The number of benzene rings is 2. The van der Waals surface area contributed by atoms with E-state index in [1.165, 1.54) is 22.3 Å². The van der Waals surface area contributed by atoms with Crippen molar-refractivity contribution in [2.24, 2.45) is 0 Å². The molecule has 0 heteroatoms. The molecular formula is C17H22. The maximum absolute atomic E-state index is 2.22. The molecule has 0 nitrogen and oxygen atoms in total. The summed E-state index contributed by atoms with van der Waals surface area (Å²) in [6.07, 6.45) is 1.14. The topological polar surface area (TPSA) is 0 Å². The lowest BCUT2D eigenvalue weighted by atomic mass is 10.1. The van der Waals surface area contributed by atoms with Crippen LogP contribution in [0.3, 0.4) is 0 Å². The van der Waals surface area contributed by atoms with E-state index in [0.29, 0.717) is 0 Å². The zero-order valence-corrected chi connectivity index (χ0v) is 11.3. The van der Waals surface area contributed by atoms with Crippen LogP contribution >= 0.6 is 0 Å². The maximum Gasteiger partial charge on any atom is -0.0307 e. The van der Waals surface area contributed by atoms with Crippen molar-refractivity contribution in [1.29, 1.82) is 0 Å². The summed E-state index contributed by atoms with van der Waals surface area (Å²) in [5, 5.41) is 0. The smallest absolute Gasteiger partial charge is 0.0307 e. The van der Waals surface area contributed by atoms with Crippen molar-refractivity contribution in [1.82, 2.24) is 0 Å². The van der Waals surface area contributed by atoms with Crippen LogP contribution in [0.5, 0.6) is 0 Å². The lowest BCUT2D eigenvalue weighted by Gasteiger charge is -1.95. The molecule has 0 aliphatic heterocycles. The van der Waals surface area contributed by atoms with E-state index in [1.807, 2.05) is 0 Å². The zero-order valence-electron chi connectivity index (χ0n) is 11.3. The highest BCUT2D eigenvalue weighted by atomic mass is 13.9. The van der Waals surface area contributed by atoms with E-state index in [-0.39, 0.29) is 0 Å². The van der Waals surface area contributed by atoms with Crippen molar-refractivity contribution < 1.29 is 0 Å². The van der Waals surface area contributed by atoms with Crippen LogP contribution in [0.4, 0.5) is 0 Å². The molecule has 0 unspecified atom stereocenters. The van der Waals surface area contributed by atoms with E-state index < -0.39 is 0 Å². The molecule has 0 amide bonds. The highest BCUT2D eigenvalue weighted by Gasteiger charge is 1.85. The van der Waals surface area contributed by atoms with Gasteiger partial charge in [-0.1, -0.05) is 72.1 Å². The molecule has 0 spiro atoms. The van der Waals surface area contributed by atoms with E-state index in [4.69, 9.17) is 0 Å². The second kappa shape index (κ2) is 6.90. The molecule has 0 saturated carbocycles. The van der Waals surface area contributed by atoms with E-state index in [9.17, 15) is 0 Å². The second-order valence-corrected chi connectivity index (χ2v) is 4.50. The van der Waals surface area contributed by atoms with Gasteiger partial charge in [0, 0.05) is 0 Å². The van der Waals surface area contributed by atoms with Gasteiger partial charge >= 0.3 is 0 Å². The monoisotopic (exact) mass is 226 g/mol. The van der Waals surface area contributed by atoms with Gasteiger partial charge in [0.2, 0.25) is 0 Å². The molecule has 2 rings (SSSR count). The third-order valence-corrected chi connectivity index (χ3v) is 2.71. The van der Waals surface area contributed by atoms with E-state index >= 15 is 0 Å². The first-order valence-electron chi connectivity index (χ1n) is 6.20. The first kappa shape index (κ1) is 13.5. The van der Waals surface area contributed by atoms with Crippen molar-refractivity contribution in [3.63, 3.8) is 0 Å². The second-order valence-electron chi connectivity index (χ2n) is 4.50. The summed E-state index contributed by atoms with van der Waals surface area (Å²) in [5.41, 5.74) is 5.44. The number of hydrogen-bond acceptors (Lipinski definition) is 0. The normalized spacial score (nSPS) is 9.41. The SMILES string of the molecule is CCc1cccc(C)c1.Cc1ccc(C)cc1. The Bertz CT molecular complexity index is 417. The van der Waals surface area contributed by atoms with Crippen LogP contribution < -0.4 is 0 Å². The van der Waals surface area contributed by atoms with Crippen molar-refractivity contribution in [3.05, 3.63) is 70.8 Å². The van der Waals surface area contributed by atoms with E-state index in [0.717, 1.165) is 6.42 Å². The Morgan fingerprint density at radius 3 is 1.59 bits per heavy atom. The van der Waals surface area contributed by atoms with Crippen LogP contribution in [0.25, 0.3) is 0 Å². The molecule has 0 aliphatic rings. The molecule has 0 aromatic heterocycles. The molecule has 0 radical (unpaired) electrons. The number of aryl methyl sites for hydroxylation is 4. The highest BCUT2D eigenvalue weighted by molar-refractivity contribution is 5.21. The molecule has 2 aromatic rings. The molecule has 17 heavy (non-hydrogen) atoms. The quantitative estimate of drug-likeness (QED) is 0.651. The zero-order chi connectivity index (χ0) is 12.7. The summed E-state index contributed by atoms with van der Waals surface area (Å²) in [4.78, 5) is 0. The number of rotatable bonds is 1. The summed E-state index contributed by atoms with van der Waals surface area (Å²) in [5.74, 6) is 0. The average molecular weight is 226 g/mol. The van der Waals surface area contributed by atoms with Crippen LogP contribution in [0.2, 0.25) is 0 Å². The molecule has 2 aromatic carbocycles. The van der Waals surface area contributed by atoms with Gasteiger partial charge in [0.1, 0.15) is 0 Å². The summed E-state index contributed by atoms with van der Waals surface area (Å²) in [6.45, 7) is 8.49. The van der Waals surface area contributed by atoms with Gasteiger partial charge in [-0.3, -0.25) is 0 Å². The van der Waals surface area contributed by atoms with E-state index in [1.54, 1.807) is 0 Å². The Hall–Kier alpha value is -1.56. The molecule has 90 valence electrons. The first-order chi connectivity index (χ1) is 8.11. The van der Waals surface area contributed by atoms with Crippen LogP contribution in [-0.2, 0) is 6.42 Å². The molecule has 0 fully saturated rings.